The zero-order chi connectivity index (χ0) is 47.2. The molecule has 2 saturated carbocycles. The van der Waals surface area contributed by atoms with E-state index in [0.717, 1.165) is 11.3 Å². The number of aromatic nitrogens is 2. The highest BCUT2D eigenvalue weighted by Crippen LogP contribution is 2.50. The van der Waals surface area contributed by atoms with Crippen molar-refractivity contribution in [2.75, 3.05) is 9.80 Å². The smallest absolute Gasteiger partial charge is 0.252 e. The molecule has 2 aliphatic carbocycles. The number of anilines is 6. The zero-order valence-electron chi connectivity index (χ0n) is 42.9. The molecule has 5 heteroatoms. The van der Waals surface area contributed by atoms with Gasteiger partial charge in [-0.05, 0) is 164 Å². The first-order valence-electron chi connectivity index (χ1n) is 25.9. The van der Waals surface area contributed by atoms with Gasteiger partial charge in [-0.25, -0.2) is 9.97 Å². The summed E-state index contributed by atoms with van der Waals surface area (Å²) in [6, 6.07) is 37.4. The van der Waals surface area contributed by atoms with Crippen LogP contribution in [0.15, 0.2) is 104 Å². The molecule has 3 heterocycles. The van der Waals surface area contributed by atoms with Crippen molar-refractivity contribution >= 4 is 57.2 Å². The maximum Gasteiger partial charge on any atom is 0.252 e. The molecule has 0 radical (unpaired) electrons. The van der Waals surface area contributed by atoms with Crippen LogP contribution in [0.5, 0.6) is 0 Å². The van der Waals surface area contributed by atoms with E-state index in [1.165, 1.54) is 148 Å². The molecule has 5 aromatic carbocycles. The van der Waals surface area contributed by atoms with E-state index in [4.69, 9.17) is 4.98 Å². The van der Waals surface area contributed by atoms with Gasteiger partial charge in [0.2, 0.25) is 0 Å². The van der Waals surface area contributed by atoms with Crippen molar-refractivity contribution in [2.45, 2.75) is 181 Å². The molecule has 0 spiro atoms. The van der Waals surface area contributed by atoms with Crippen LogP contribution < -0.4 is 26.2 Å². The molecule has 1 aromatic heterocycles. The van der Waals surface area contributed by atoms with Gasteiger partial charge in [0, 0.05) is 45.9 Å². The largest absolute Gasteiger partial charge is 0.311 e. The quantitative estimate of drug-likeness (QED) is 0.161. The van der Waals surface area contributed by atoms with Crippen molar-refractivity contribution in [2.24, 2.45) is 0 Å². The molecule has 346 valence electrons. The molecule has 6 aromatic rings. The van der Waals surface area contributed by atoms with E-state index in [1.807, 2.05) is 6.20 Å². The number of benzene rings is 5. The van der Waals surface area contributed by atoms with Crippen molar-refractivity contribution in [3.63, 3.8) is 0 Å². The molecule has 2 aliphatic heterocycles. The summed E-state index contributed by atoms with van der Waals surface area (Å²) in [5.41, 5.74) is 22.0. The Morgan fingerprint density at radius 2 is 0.851 bits per heavy atom. The molecule has 10 rings (SSSR count). The van der Waals surface area contributed by atoms with Crippen LogP contribution in [0.4, 0.5) is 34.1 Å². The highest BCUT2D eigenvalue weighted by molar-refractivity contribution is 7.00. The van der Waals surface area contributed by atoms with Crippen molar-refractivity contribution in [3.8, 4) is 11.3 Å². The van der Waals surface area contributed by atoms with Gasteiger partial charge in [0.05, 0.1) is 5.69 Å². The van der Waals surface area contributed by atoms with Gasteiger partial charge in [0.15, 0.2) is 0 Å². The summed E-state index contributed by atoms with van der Waals surface area (Å²) < 4.78 is 0. The second kappa shape index (κ2) is 16.8. The number of rotatable bonds is 5. The van der Waals surface area contributed by atoms with Gasteiger partial charge >= 0.3 is 0 Å². The molecular weight excluding hydrogens is 812 g/mol. The van der Waals surface area contributed by atoms with Gasteiger partial charge in [-0.1, -0.05) is 158 Å². The summed E-state index contributed by atoms with van der Waals surface area (Å²) >= 11 is 0. The SMILES string of the molecule is CC(C)(C)c1cc(N2c3cc(C4CCCCC4)ccc3B3c4ccc(C5CCCCC5)cc4N(c4cc(C(C)(C)C)cc(C(C)(C)C)c4)c4cc(-c5ccncn5)cc2c43)cc(C(C)(C)C)c1. The van der Waals surface area contributed by atoms with Gasteiger partial charge in [0.1, 0.15) is 6.33 Å². The maximum absolute atomic E-state index is 4.98. The minimum atomic E-state index is -0.0437. The first kappa shape index (κ1) is 45.6. The Morgan fingerprint density at radius 3 is 1.21 bits per heavy atom. The predicted octanol–water partition coefficient (Wildman–Crippen LogP) is 15.5. The molecule has 0 saturated heterocycles. The molecule has 0 amide bonds. The minimum Gasteiger partial charge on any atom is -0.311 e. The first-order valence-corrected chi connectivity index (χ1v) is 25.9. The molecule has 67 heavy (non-hydrogen) atoms. The average molecular weight is 887 g/mol. The lowest BCUT2D eigenvalue weighted by atomic mass is 9.33. The van der Waals surface area contributed by atoms with E-state index in [9.17, 15) is 0 Å². The van der Waals surface area contributed by atoms with E-state index in [2.05, 4.69) is 189 Å². The summed E-state index contributed by atoms with van der Waals surface area (Å²) in [6.07, 6.45) is 16.6. The fourth-order valence-electron chi connectivity index (χ4n) is 11.8. The average Bonchev–Trinajstić information content (AvgIpc) is 3.30. The molecule has 0 unspecified atom stereocenters. The topological polar surface area (TPSA) is 32.3 Å². The Hall–Kier alpha value is -5.16. The van der Waals surface area contributed by atoms with Crippen LogP contribution >= 0.6 is 0 Å². The Balaban J connectivity index is 1.34. The molecule has 0 bridgehead atoms. The number of nitrogens with zero attached hydrogens (tertiary/aromatic N) is 4. The van der Waals surface area contributed by atoms with Crippen molar-refractivity contribution < 1.29 is 0 Å². The van der Waals surface area contributed by atoms with Crippen LogP contribution in [-0.2, 0) is 21.7 Å². The van der Waals surface area contributed by atoms with Crippen LogP contribution in [0.2, 0.25) is 0 Å². The number of fused-ring (bicyclic) bond motifs is 4. The molecular formula is C62H75BN4. The fourth-order valence-corrected chi connectivity index (χ4v) is 11.8. The van der Waals surface area contributed by atoms with Gasteiger partial charge in [0.25, 0.3) is 6.71 Å². The van der Waals surface area contributed by atoms with Gasteiger partial charge in [-0.15, -0.1) is 0 Å². The summed E-state index contributed by atoms with van der Waals surface area (Å²) in [5, 5.41) is 0. The third-order valence-electron chi connectivity index (χ3n) is 16.0. The molecule has 0 N–H and O–H groups in total. The van der Waals surface area contributed by atoms with E-state index in [0.29, 0.717) is 11.8 Å². The fraction of sp³-hybridized carbons (Fsp3) is 0.452. The molecule has 0 atom stereocenters. The predicted molar refractivity (Wildman–Crippen MR) is 288 cm³/mol. The molecule has 4 nitrogen and oxygen atoms in total. The summed E-state index contributed by atoms with van der Waals surface area (Å²) in [5.74, 6) is 1.16. The van der Waals surface area contributed by atoms with Crippen molar-refractivity contribution in [1.82, 2.24) is 9.97 Å². The summed E-state index contributed by atoms with van der Waals surface area (Å²) in [6.45, 7) is 28.4. The third kappa shape index (κ3) is 8.56. The third-order valence-corrected chi connectivity index (χ3v) is 16.0. The second-order valence-electron chi connectivity index (χ2n) is 25.0. The van der Waals surface area contributed by atoms with Crippen LogP contribution in [-0.4, -0.2) is 16.7 Å². The molecule has 2 fully saturated rings. The Kier molecular flexibility index (Phi) is 11.4. The van der Waals surface area contributed by atoms with E-state index in [1.54, 1.807) is 6.33 Å². The standard InChI is InChI=1S/C62H75BN4/c1-59(2,3)45-33-46(60(4,5)6)36-49(35-45)66-54-29-42(40-19-15-13-16-20-40)23-25-51(54)63-52-26-24-43(41-21-17-14-18-22-41)30-55(52)67(50-37-47(61(7,8)9)34-48(38-50)62(10,11)12)57-32-44(31-56(66)58(57)63)53-27-28-64-39-65-53/h23-41H,13-22H2,1-12H3. The first-order chi connectivity index (χ1) is 31.7. The van der Waals surface area contributed by atoms with Gasteiger partial charge < -0.3 is 9.80 Å². The van der Waals surface area contributed by atoms with Crippen molar-refractivity contribution in [3.05, 3.63) is 137 Å². The lowest BCUT2D eigenvalue weighted by Gasteiger charge is -2.45. The second-order valence-corrected chi connectivity index (χ2v) is 25.0. The molecule has 4 aliphatic rings. The highest BCUT2D eigenvalue weighted by Gasteiger charge is 2.45. The number of hydrogen-bond acceptors (Lipinski definition) is 4. The monoisotopic (exact) mass is 887 g/mol. The lowest BCUT2D eigenvalue weighted by Crippen LogP contribution is -2.61. The lowest BCUT2D eigenvalue weighted by molar-refractivity contribution is 0.444. The van der Waals surface area contributed by atoms with E-state index in [-0.39, 0.29) is 28.4 Å². The Labute approximate surface area is 404 Å². The highest BCUT2D eigenvalue weighted by atomic mass is 15.2. The van der Waals surface area contributed by atoms with Gasteiger partial charge in [-0.2, -0.15) is 0 Å². The van der Waals surface area contributed by atoms with Crippen LogP contribution in [0.3, 0.4) is 0 Å². The van der Waals surface area contributed by atoms with Gasteiger partial charge in [-0.3, -0.25) is 0 Å². The van der Waals surface area contributed by atoms with Crippen LogP contribution in [0.1, 0.15) is 193 Å². The number of hydrogen-bond donors (Lipinski definition) is 0. The van der Waals surface area contributed by atoms with E-state index < -0.39 is 0 Å². The normalized spacial score (nSPS) is 17.0. The van der Waals surface area contributed by atoms with E-state index >= 15 is 0 Å². The minimum absolute atomic E-state index is 0.0437. The Morgan fingerprint density at radius 1 is 0.448 bits per heavy atom. The zero-order valence-corrected chi connectivity index (χ0v) is 42.9. The van der Waals surface area contributed by atoms with Crippen LogP contribution in [0, 0.1) is 0 Å². The van der Waals surface area contributed by atoms with Crippen molar-refractivity contribution in [1.29, 1.82) is 0 Å². The maximum atomic E-state index is 4.98. The van der Waals surface area contributed by atoms with Crippen LogP contribution in [0.25, 0.3) is 11.3 Å². The summed E-state index contributed by atoms with van der Waals surface area (Å²) in [4.78, 5) is 14.8. The Bertz CT molecular complexity index is 2580. The summed E-state index contributed by atoms with van der Waals surface area (Å²) in [7, 11) is 0.